The molecule has 0 bridgehead atoms. The third-order valence-corrected chi connectivity index (χ3v) is 3.90. The van der Waals surface area contributed by atoms with Crippen LogP contribution in [-0.4, -0.2) is 4.83 Å². The topological polar surface area (TPSA) is 0 Å². The van der Waals surface area contributed by atoms with Crippen LogP contribution in [0.15, 0.2) is 30.3 Å². The standard InChI is InChI=1S/C10H11Br/c1-10(7-9(10)11)8-5-3-2-4-6-8/h2-6,9H,7H2,1H3/t9-,10?/m1/s1. The van der Waals surface area contributed by atoms with Gasteiger partial charge in [0.05, 0.1) is 0 Å². The molecule has 0 radical (unpaired) electrons. The second-order valence-corrected chi connectivity index (χ2v) is 4.56. The lowest BCUT2D eigenvalue weighted by molar-refractivity contribution is 0.795. The molecule has 1 aromatic carbocycles. The Morgan fingerprint density at radius 3 is 2.36 bits per heavy atom. The maximum atomic E-state index is 3.64. The minimum atomic E-state index is 0.418. The summed E-state index contributed by atoms with van der Waals surface area (Å²) in [4.78, 5) is 0.692. The third-order valence-electron chi connectivity index (χ3n) is 2.57. The largest absolute Gasteiger partial charge is 0.0881 e. The molecule has 1 heteroatoms. The number of hydrogen-bond acceptors (Lipinski definition) is 0. The highest BCUT2D eigenvalue weighted by Gasteiger charge is 2.49. The zero-order chi connectivity index (χ0) is 7.90. The molecular formula is C10H11Br. The van der Waals surface area contributed by atoms with Gasteiger partial charge in [-0.25, -0.2) is 0 Å². The van der Waals surface area contributed by atoms with Crippen molar-refractivity contribution in [3.63, 3.8) is 0 Å². The molecule has 11 heavy (non-hydrogen) atoms. The van der Waals surface area contributed by atoms with E-state index < -0.39 is 0 Å². The fourth-order valence-corrected chi connectivity index (χ4v) is 2.37. The van der Waals surface area contributed by atoms with Crippen molar-refractivity contribution in [1.82, 2.24) is 0 Å². The summed E-state index contributed by atoms with van der Waals surface area (Å²) in [6.07, 6.45) is 1.27. The molecule has 1 aliphatic carbocycles. The van der Waals surface area contributed by atoms with Gasteiger partial charge >= 0.3 is 0 Å². The Balaban J connectivity index is 2.32. The maximum Gasteiger partial charge on any atom is 0.0249 e. The van der Waals surface area contributed by atoms with Crippen molar-refractivity contribution in [3.05, 3.63) is 35.9 Å². The van der Waals surface area contributed by atoms with E-state index >= 15 is 0 Å². The number of halogens is 1. The van der Waals surface area contributed by atoms with Crippen LogP contribution in [0.1, 0.15) is 18.9 Å². The lowest BCUT2D eigenvalue weighted by atomic mass is 9.99. The van der Waals surface area contributed by atoms with E-state index in [2.05, 4.69) is 53.2 Å². The van der Waals surface area contributed by atoms with E-state index in [-0.39, 0.29) is 0 Å². The van der Waals surface area contributed by atoms with Crippen molar-refractivity contribution < 1.29 is 0 Å². The Labute approximate surface area is 75.8 Å². The van der Waals surface area contributed by atoms with Gasteiger partial charge in [-0.15, -0.1) is 0 Å². The van der Waals surface area contributed by atoms with Crippen LogP contribution in [0.2, 0.25) is 0 Å². The molecule has 0 aliphatic heterocycles. The highest BCUT2D eigenvalue weighted by molar-refractivity contribution is 9.09. The zero-order valence-corrected chi connectivity index (χ0v) is 8.14. The molecule has 1 fully saturated rings. The first-order valence-corrected chi connectivity index (χ1v) is 4.85. The van der Waals surface area contributed by atoms with Crippen molar-refractivity contribution in [2.24, 2.45) is 0 Å². The second-order valence-electron chi connectivity index (χ2n) is 3.46. The molecule has 0 spiro atoms. The molecule has 58 valence electrons. The van der Waals surface area contributed by atoms with Gasteiger partial charge in [0.1, 0.15) is 0 Å². The van der Waals surface area contributed by atoms with E-state index in [1.807, 2.05) is 0 Å². The molecule has 2 atom stereocenters. The molecule has 0 heterocycles. The average Bonchev–Trinajstić information content (AvgIpc) is 2.64. The van der Waals surface area contributed by atoms with Crippen molar-refractivity contribution in [2.75, 3.05) is 0 Å². The number of benzene rings is 1. The molecule has 1 unspecified atom stereocenters. The summed E-state index contributed by atoms with van der Waals surface area (Å²) in [5, 5.41) is 0. The van der Waals surface area contributed by atoms with E-state index in [0.717, 1.165) is 0 Å². The van der Waals surface area contributed by atoms with Gasteiger partial charge in [-0.05, 0) is 12.0 Å². The molecule has 0 aromatic heterocycles. The van der Waals surface area contributed by atoms with Crippen LogP contribution in [0.25, 0.3) is 0 Å². The maximum absolute atomic E-state index is 3.64. The van der Waals surface area contributed by atoms with Gasteiger partial charge in [0.15, 0.2) is 0 Å². The predicted octanol–water partition coefficient (Wildman–Crippen LogP) is 3.11. The third kappa shape index (κ3) is 1.12. The van der Waals surface area contributed by atoms with Gasteiger partial charge in [0, 0.05) is 10.2 Å². The average molecular weight is 211 g/mol. The molecule has 1 aromatic rings. The molecule has 0 nitrogen and oxygen atoms in total. The minimum Gasteiger partial charge on any atom is -0.0881 e. The Hall–Kier alpha value is -0.300. The normalized spacial score (nSPS) is 35.3. The van der Waals surface area contributed by atoms with Gasteiger partial charge < -0.3 is 0 Å². The summed E-state index contributed by atoms with van der Waals surface area (Å²) >= 11 is 3.64. The van der Waals surface area contributed by atoms with Gasteiger partial charge in [-0.3, -0.25) is 0 Å². The summed E-state index contributed by atoms with van der Waals surface area (Å²) in [5.41, 5.74) is 1.88. The van der Waals surface area contributed by atoms with Gasteiger partial charge in [-0.2, -0.15) is 0 Å². The van der Waals surface area contributed by atoms with E-state index in [1.54, 1.807) is 0 Å². The van der Waals surface area contributed by atoms with Crippen molar-refractivity contribution in [3.8, 4) is 0 Å². The van der Waals surface area contributed by atoms with Crippen LogP contribution < -0.4 is 0 Å². The molecule has 0 saturated heterocycles. The van der Waals surface area contributed by atoms with Crippen molar-refractivity contribution in [2.45, 2.75) is 23.6 Å². The Morgan fingerprint density at radius 1 is 1.36 bits per heavy atom. The fraction of sp³-hybridized carbons (Fsp3) is 0.400. The summed E-state index contributed by atoms with van der Waals surface area (Å²) in [6.45, 7) is 2.31. The highest BCUT2D eigenvalue weighted by atomic mass is 79.9. The lowest BCUT2D eigenvalue weighted by Gasteiger charge is -2.07. The van der Waals surface area contributed by atoms with E-state index in [4.69, 9.17) is 0 Å². The quantitative estimate of drug-likeness (QED) is 0.626. The first-order chi connectivity index (χ1) is 5.23. The SMILES string of the molecule is CC1(c2ccccc2)C[C@H]1Br. The minimum absolute atomic E-state index is 0.418. The molecule has 1 saturated carbocycles. The Bertz CT molecular complexity index is 255. The fourth-order valence-electron chi connectivity index (χ4n) is 1.43. The van der Waals surface area contributed by atoms with Crippen LogP contribution in [0.3, 0.4) is 0 Å². The first kappa shape index (κ1) is 7.35. The van der Waals surface area contributed by atoms with E-state index in [9.17, 15) is 0 Å². The summed E-state index contributed by atoms with van der Waals surface area (Å²) in [6, 6.07) is 10.7. The lowest BCUT2D eigenvalue weighted by Crippen LogP contribution is -2.02. The molecule has 0 N–H and O–H groups in total. The van der Waals surface area contributed by atoms with E-state index in [1.165, 1.54) is 12.0 Å². The first-order valence-electron chi connectivity index (χ1n) is 3.93. The van der Waals surface area contributed by atoms with Crippen LogP contribution in [0.4, 0.5) is 0 Å². The summed E-state index contributed by atoms with van der Waals surface area (Å²) in [7, 11) is 0. The van der Waals surface area contributed by atoms with Gasteiger partial charge in [0.25, 0.3) is 0 Å². The van der Waals surface area contributed by atoms with Crippen LogP contribution >= 0.6 is 15.9 Å². The highest BCUT2D eigenvalue weighted by Crippen LogP contribution is 2.52. The number of hydrogen-bond donors (Lipinski definition) is 0. The second kappa shape index (κ2) is 2.34. The molecule has 1 aliphatic rings. The number of rotatable bonds is 1. The zero-order valence-electron chi connectivity index (χ0n) is 6.55. The molecular weight excluding hydrogens is 200 g/mol. The van der Waals surface area contributed by atoms with Crippen LogP contribution in [0, 0.1) is 0 Å². The smallest absolute Gasteiger partial charge is 0.0249 e. The van der Waals surface area contributed by atoms with Crippen molar-refractivity contribution in [1.29, 1.82) is 0 Å². The Morgan fingerprint density at radius 2 is 1.91 bits per heavy atom. The van der Waals surface area contributed by atoms with Crippen molar-refractivity contribution >= 4 is 15.9 Å². The monoisotopic (exact) mass is 210 g/mol. The molecule has 0 amide bonds. The van der Waals surface area contributed by atoms with Gasteiger partial charge in [0.2, 0.25) is 0 Å². The van der Waals surface area contributed by atoms with Crippen LogP contribution in [-0.2, 0) is 5.41 Å². The summed E-state index contributed by atoms with van der Waals surface area (Å²) < 4.78 is 0. The molecule has 2 rings (SSSR count). The van der Waals surface area contributed by atoms with E-state index in [0.29, 0.717) is 10.2 Å². The van der Waals surface area contributed by atoms with Gasteiger partial charge in [-0.1, -0.05) is 53.2 Å². The predicted molar refractivity (Wildman–Crippen MR) is 51.1 cm³/mol. The number of alkyl halides is 1. The van der Waals surface area contributed by atoms with Crippen LogP contribution in [0.5, 0.6) is 0 Å². The summed E-state index contributed by atoms with van der Waals surface area (Å²) in [5.74, 6) is 0. The Kier molecular flexibility index (Phi) is 1.57.